The Morgan fingerprint density at radius 1 is 1.36 bits per heavy atom. The Bertz CT molecular complexity index is 121. The molecule has 0 aromatic rings. The molecule has 0 aromatic carbocycles. The molecule has 0 aliphatic carbocycles. The van der Waals surface area contributed by atoms with Crippen LogP contribution in [0.5, 0.6) is 0 Å². The highest BCUT2D eigenvalue weighted by molar-refractivity contribution is 5.74. The quantitative estimate of drug-likeness (QED) is 0.582. The molecule has 1 atom stereocenters. The van der Waals surface area contributed by atoms with Crippen molar-refractivity contribution in [2.24, 2.45) is 0 Å². The maximum absolute atomic E-state index is 10.9. The van der Waals surface area contributed by atoms with E-state index >= 15 is 0 Å². The molecule has 11 heavy (non-hydrogen) atoms. The van der Waals surface area contributed by atoms with Crippen molar-refractivity contribution in [1.29, 1.82) is 0 Å². The Morgan fingerprint density at radius 2 is 1.91 bits per heavy atom. The van der Waals surface area contributed by atoms with Crippen LogP contribution < -0.4 is 0 Å². The molecule has 0 aliphatic rings. The van der Waals surface area contributed by atoms with Crippen molar-refractivity contribution in [1.82, 2.24) is 0 Å². The van der Waals surface area contributed by atoms with E-state index in [1.807, 2.05) is 13.8 Å². The van der Waals surface area contributed by atoms with Gasteiger partial charge >= 0.3 is 5.97 Å². The van der Waals surface area contributed by atoms with Crippen LogP contribution in [0.15, 0.2) is 0 Å². The molecular weight excluding hydrogens is 144 g/mol. The van der Waals surface area contributed by atoms with E-state index in [1.165, 1.54) is 0 Å². The van der Waals surface area contributed by atoms with E-state index in [2.05, 4.69) is 0 Å². The summed E-state index contributed by atoms with van der Waals surface area (Å²) in [6.45, 7) is 7.65. The maximum Gasteiger partial charge on any atom is 0.334 e. The Morgan fingerprint density at radius 3 is 2.27 bits per heavy atom. The highest BCUT2D eigenvalue weighted by Gasteiger charge is 2.14. The summed E-state index contributed by atoms with van der Waals surface area (Å²) < 4.78 is 9.93. The second-order valence-electron chi connectivity index (χ2n) is 2.58. The van der Waals surface area contributed by atoms with Gasteiger partial charge in [0.05, 0.1) is 12.7 Å². The molecule has 0 aromatic heterocycles. The molecule has 0 bridgehead atoms. The predicted molar refractivity (Wildman–Crippen MR) is 42.3 cm³/mol. The average molecular weight is 160 g/mol. The Balaban J connectivity index is 3.64. The molecular formula is C8H16O3. The van der Waals surface area contributed by atoms with E-state index in [0.29, 0.717) is 6.61 Å². The molecule has 0 radical (unpaired) electrons. The van der Waals surface area contributed by atoms with E-state index in [-0.39, 0.29) is 12.1 Å². The number of rotatable bonds is 4. The van der Waals surface area contributed by atoms with Gasteiger partial charge in [-0.2, -0.15) is 0 Å². The van der Waals surface area contributed by atoms with Gasteiger partial charge < -0.3 is 9.47 Å². The molecule has 1 unspecified atom stereocenters. The summed E-state index contributed by atoms with van der Waals surface area (Å²) in [5.41, 5.74) is 0. The van der Waals surface area contributed by atoms with Crippen LogP contribution in [0.25, 0.3) is 0 Å². The third-order valence-electron chi connectivity index (χ3n) is 1.09. The smallest absolute Gasteiger partial charge is 0.334 e. The summed E-state index contributed by atoms with van der Waals surface area (Å²) in [6.07, 6.45) is -0.385. The van der Waals surface area contributed by atoms with Crippen molar-refractivity contribution < 1.29 is 14.3 Å². The molecule has 0 saturated carbocycles. The Hall–Kier alpha value is -0.570. The third-order valence-corrected chi connectivity index (χ3v) is 1.09. The summed E-state index contributed by atoms with van der Waals surface area (Å²) >= 11 is 0. The van der Waals surface area contributed by atoms with Crippen LogP contribution in [0, 0.1) is 0 Å². The predicted octanol–water partition coefficient (Wildman–Crippen LogP) is 1.36. The van der Waals surface area contributed by atoms with E-state index < -0.39 is 6.10 Å². The van der Waals surface area contributed by atoms with Crippen LogP contribution >= 0.6 is 0 Å². The standard InChI is InChI=1S/C8H16O3/c1-5-10-8(9)7(4)11-6(2)3/h6-7H,5H2,1-4H3. The summed E-state index contributed by atoms with van der Waals surface area (Å²) in [5, 5.41) is 0. The fourth-order valence-corrected chi connectivity index (χ4v) is 0.723. The number of esters is 1. The van der Waals surface area contributed by atoms with Crippen molar-refractivity contribution >= 4 is 5.97 Å². The van der Waals surface area contributed by atoms with Crippen molar-refractivity contribution in [3.8, 4) is 0 Å². The number of carbonyl (C=O) groups excluding carboxylic acids is 1. The lowest BCUT2D eigenvalue weighted by atomic mass is 10.4. The fourth-order valence-electron chi connectivity index (χ4n) is 0.723. The van der Waals surface area contributed by atoms with Gasteiger partial charge in [-0.3, -0.25) is 0 Å². The van der Waals surface area contributed by atoms with Gasteiger partial charge in [0.2, 0.25) is 0 Å². The molecule has 0 spiro atoms. The first-order valence-corrected chi connectivity index (χ1v) is 3.90. The van der Waals surface area contributed by atoms with Crippen LogP contribution in [0.1, 0.15) is 27.7 Å². The molecule has 66 valence electrons. The maximum atomic E-state index is 10.9. The molecule has 0 amide bonds. The molecule has 0 N–H and O–H groups in total. The first-order valence-electron chi connectivity index (χ1n) is 3.90. The third kappa shape index (κ3) is 4.79. The Kier molecular flexibility index (Phi) is 4.86. The summed E-state index contributed by atoms with van der Waals surface area (Å²) in [4.78, 5) is 10.9. The summed E-state index contributed by atoms with van der Waals surface area (Å²) in [5.74, 6) is -0.291. The number of hydrogen-bond donors (Lipinski definition) is 0. The van der Waals surface area contributed by atoms with Crippen molar-refractivity contribution in [3.05, 3.63) is 0 Å². The molecule has 0 aliphatic heterocycles. The first-order chi connectivity index (χ1) is 5.07. The van der Waals surface area contributed by atoms with Gasteiger partial charge in [-0.25, -0.2) is 4.79 Å². The molecule has 3 nitrogen and oxygen atoms in total. The highest BCUT2D eigenvalue weighted by atomic mass is 16.6. The van der Waals surface area contributed by atoms with Gasteiger partial charge in [0.1, 0.15) is 0 Å². The van der Waals surface area contributed by atoms with Gasteiger partial charge in [0, 0.05) is 0 Å². The minimum absolute atomic E-state index is 0.0643. The first kappa shape index (κ1) is 10.4. The van der Waals surface area contributed by atoms with Crippen molar-refractivity contribution in [2.75, 3.05) is 6.61 Å². The van der Waals surface area contributed by atoms with Crippen LogP contribution in [0.2, 0.25) is 0 Å². The average Bonchev–Trinajstić information content (AvgIpc) is 1.86. The van der Waals surface area contributed by atoms with Crippen molar-refractivity contribution in [2.45, 2.75) is 39.9 Å². The molecule has 0 heterocycles. The van der Waals surface area contributed by atoms with E-state index in [0.717, 1.165) is 0 Å². The lowest BCUT2D eigenvalue weighted by Gasteiger charge is -2.13. The van der Waals surface area contributed by atoms with Gasteiger partial charge in [0.15, 0.2) is 6.10 Å². The van der Waals surface area contributed by atoms with E-state index in [4.69, 9.17) is 9.47 Å². The van der Waals surface area contributed by atoms with Gasteiger partial charge in [-0.05, 0) is 27.7 Å². The van der Waals surface area contributed by atoms with Crippen LogP contribution in [-0.4, -0.2) is 24.8 Å². The van der Waals surface area contributed by atoms with Gasteiger partial charge in [-0.15, -0.1) is 0 Å². The summed E-state index contributed by atoms with van der Waals surface area (Å²) in [6, 6.07) is 0. The number of hydrogen-bond acceptors (Lipinski definition) is 3. The zero-order valence-electron chi connectivity index (χ0n) is 7.59. The monoisotopic (exact) mass is 160 g/mol. The zero-order chi connectivity index (χ0) is 8.85. The second kappa shape index (κ2) is 5.13. The SMILES string of the molecule is CCOC(=O)C(C)OC(C)C. The zero-order valence-corrected chi connectivity index (χ0v) is 7.59. The lowest BCUT2D eigenvalue weighted by Crippen LogP contribution is -2.26. The van der Waals surface area contributed by atoms with Crippen molar-refractivity contribution in [3.63, 3.8) is 0 Å². The Labute approximate surface area is 67.7 Å². The summed E-state index contributed by atoms with van der Waals surface area (Å²) in [7, 11) is 0. The normalized spacial score (nSPS) is 13.2. The lowest BCUT2D eigenvalue weighted by molar-refractivity contribution is -0.157. The largest absolute Gasteiger partial charge is 0.464 e. The second-order valence-corrected chi connectivity index (χ2v) is 2.58. The topological polar surface area (TPSA) is 35.5 Å². The van der Waals surface area contributed by atoms with Gasteiger partial charge in [-0.1, -0.05) is 0 Å². The minimum Gasteiger partial charge on any atom is -0.464 e. The molecule has 0 saturated heterocycles. The van der Waals surface area contributed by atoms with Crippen LogP contribution in [0.3, 0.4) is 0 Å². The van der Waals surface area contributed by atoms with E-state index in [9.17, 15) is 4.79 Å². The molecule has 0 rings (SSSR count). The number of carbonyl (C=O) groups is 1. The molecule has 0 fully saturated rings. The van der Waals surface area contributed by atoms with E-state index in [1.54, 1.807) is 13.8 Å². The fraction of sp³-hybridized carbons (Fsp3) is 0.875. The molecule has 3 heteroatoms. The van der Waals surface area contributed by atoms with Gasteiger partial charge in [0.25, 0.3) is 0 Å². The number of ether oxygens (including phenoxy) is 2. The van der Waals surface area contributed by atoms with Crippen LogP contribution in [0.4, 0.5) is 0 Å². The van der Waals surface area contributed by atoms with Crippen LogP contribution in [-0.2, 0) is 14.3 Å². The minimum atomic E-state index is -0.449. The highest BCUT2D eigenvalue weighted by Crippen LogP contribution is 1.98.